The van der Waals surface area contributed by atoms with Crippen LogP contribution in [0.4, 0.5) is 10.2 Å². The van der Waals surface area contributed by atoms with Gasteiger partial charge in [0.2, 0.25) is 5.91 Å². The molecule has 1 aliphatic rings. The zero-order chi connectivity index (χ0) is 19.2. The van der Waals surface area contributed by atoms with Gasteiger partial charge in [0, 0.05) is 31.8 Å². The summed E-state index contributed by atoms with van der Waals surface area (Å²) < 4.78 is 13.0. The second-order valence-corrected chi connectivity index (χ2v) is 7.00. The molecule has 1 aliphatic heterocycles. The average molecular weight is 369 g/mol. The predicted molar refractivity (Wildman–Crippen MR) is 102 cm³/mol. The Morgan fingerprint density at radius 1 is 1.19 bits per heavy atom. The van der Waals surface area contributed by atoms with Crippen molar-refractivity contribution in [3.8, 4) is 0 Å². The van der Waals surface area contributed by atoms with Crippen LogP contribution in [0.15, 0.2) is 42.6 Å². The summed E-state index contributed by atoms with van der Waals surface area (Å²) in [6.07, 6.45) is 5.74. The van der Waals surface area contributed by atoms with E-state index >= 15 is 0 Å². The van der Waals surface area contributed by atoms with Crippen LogP contribution in [0.1, 0.15) is 42.1 Å². The Kier molecular flexibility index (Phi) is 6.16. The summed E-state index contributed by atoms with van der Waals surface area (Å²) in [5.74, 6) is 0.584. The molecule has 1 fully saturated rings. The second kappa shape index (κ2) is 8.75. The summed E-state index contributed by atoms with van der Waals surface area (Å²) in [4.78, 5) is 29.7. The number of hydrogen-bond acceptors (Lipinski definition) is 3. The van der Waals surface area contributed by atoms with E-state index in [1.807, 2.05) is 17.0 Å². The fourth-order valence-electron chi connectivity index (χ4n) is 3.40. The smallest absolute Gasteiger partial charge is 0.256 e. The van der Waals surface area contributed by atoms with Gasteiger partial charge < -0.3 is 10.2 Å². The fraction of sp³-hybridized carbons (Fsp3) is 0.381. The molecule has 6 heteroatoms. The lowest BCUT2D eigenvalue weighted by Gasteiger charge is -2.31. The average Bonchev–Trinajstić information content (AvgIpc) is 2.67. The van der Waals surface area contributed by atoms with E-state index in [2.05, 4.69) is 10.3 Å². The fourth-order valence-corrected chi connectivity index (χ4v) is 3.40. The van der Waals surface area contributed by atoms with Gasteiger partial charge >= 0.3 is 0 Å². The number of benzene rings is 1. The van der Waals surface area contributed by atoms with Crippen LogP contribution in [0.25, 0.3) is 0 Å². The molecule has 1 aromatic heterocycles. The van der Waals surface area contributed by atoms with E-state index in [0.717, 1.165) is 44.3 Å². The number of likely N-dealkylation sites (tertiary alicyclic amines) is 1. The summed E-state index contributed by atoms with van der Waals surface area (Å²) in [5.41, 5.74) is 1.51. The van der Waals surface area contributed by atoms with Crippen molar-refractivity contribution in [1.82, 2.24) is 9.88 Å². The SMILES string of the molecule is CC(=O)N1CCC(CCc2ccnc(NC(=O)c3ccc(F)cc3)c2)CC1. The Labute approximate surface area is 158 Å². The topological polar surface area (TPSA) is 62.3 Å². The number of piperidine rings is 1. The number of hydrogen-bond donors (Lipinski definition) is 1. The molecule has 1 aromatic carbocycles. The number of nitrogens with zero attached hydrogens (tertiary/aromatic N) is 2. The number of carbonyl (C=O) groups excluding carboxylic acids is 2. The number of rotatable bonds is 5. The van der Waals surface area contributed by atoms with Gasteiger partial charge in [-0.3, -0.25) is 9.59 Å². The highest BCUT2D eigenvalue weighted by Gasteiger charge is 2.20. The molecule has 0 aliphatic carbocycles. The lowest BCUT2D eigenvalue weighted by molar-refractivity contribution is -0.130. The summed E-state index contributed by atoms with van der Waals surface area (Å²) in [5, 5.41) is 2.76. The number of amides is 2. The Morgan fingerprint density at radius 3 is 2.56 bits per heavy atom. The van der Waals surface area contributed by atoms with Crippen molar-refractivity contribution >= 4 is 17.6 Å². The summed E-state index contributed by atoms with van der Waals surface area (Å²) >= 11 is 0. The molecule has 0 atom stereocenters. The second-order valence-electron chi connectivity index (χ2n) is 7.00. The van der Waals surface area contributed by atoms with Crippen molar-refractivity contribution in [2.45, 2.75) is 32.6 Å². The lowest BCUT2D eigenvalue weighted by Crippen LogP contribution is -2.37. The molecule has 1 saturated heterocycles. The van der Waals surface area contributed by atoms with Gasteiger partial charge in [0.25, 0.3) is 5.91 Å². The van der Waals surface area contributed by atoms with E-state index in [0.29, 0.717) is 17.3 Å². The van der Waals surface area contributed by atoms with Gasteiger partial charge in [0.05, 0.1) is 0 Å². The first-order valence-electron chi connectivity index (χ1n) is 9.28. The molecule has 2 heterocycles. The Balaban J connectivity index is 1.52. The number of carbonyl (C=O) groups is 2. The molecule has 2 aromatic rings. The summed E-state index contributed by atoms with van der Waals surface area (Å²) in [6, 6.07) is 9.25. The van der Waals surface area contributed by atoms with E-state index in [9.17, 15) is 14.0 Å². The van der Waals surface area contributed by atoms with Crippen LogP contribution in [-0.4, -0.2) is 34.8 Å². The Hall–Kier alpha value is -2.76. The molecule has 5 nitrogen and oxygen atoms in total. The van der Waals surface area contributed by atoms with E-state index in [4.69, 9.17) is 0 Å². The van der Waals surface area contributed by atoms with E-state index in [-0.39, 0.29) is 17.6 Å². The first-order valence-corrected chi connectivity index (χ1v) is 9.28. The van der Waals surface area contributed by atoms with Crippen molar-refractivity contribution in [3.05, 3.63) is 59.5 Å². The van der Waals surface area contributed by atoms with Gasteiger partial charge in [-0.1, -0.05) is 0 Å². The quantitative estimate of drug-likeness (QED) is 0.875. The largest absolute Gasteiger partial charge is 0.343 e. The van der Waals surface area contributed by atoms with Gasteiger partial charge in [0.1, 0.15) is 11.6 Å². The Morgan fingerprint density at radius 2 is 1.89 bits per heavy atom. The van der Waals surface area contributed by atoms with Crippen molar-refractivity contribution in [1.29, 1.82) is 0 Å². The number of aromatic nitrogens is 1. The minimum absolute atomic E-state index is 0.157. The van der Waals surface area contributed by atoms with Crippen LogP contribution in [-0.2, 0) is 11.2 Å². The molecule has 27 heavy (non-hydrogen) atoms. The third-order valence-electron chi connectivity index (χ3n) is 5.07. The maximum atomic E-state index is 13.0. The molecule has 1 N–H and O–H groups in total. The molecule has 142 valence electrons. The molecule has 0 bridgehead atoms. The number of anilines is 1. The molecule has 2 amide bonds. The van der Waals surface area contributed by atoms with Crippen LogP contribution in [0, 0.1) is 11.7 Å². The van der Waals surface area contributed by atoms with Crippen LogP contribution < -0.4 is 5.32 Å². The zero-order valence-electron chi connectivity index (χ0n) is 15.5. The first kappa shape index (κ1) is 19.0. The predicted octanol–water partition coefficient (Wildman–Crippen LogP) is 3.66. The molecule has 0 radical (unpaired) electrons. The Bertz CT molecular complexity index is 799. The minimum atomic E-state index is -0.374. The monoisotopic (exact) mass is 369 g/mol. The van der Waals surface area contributed by atoms with Gasteiger partial charge in [-0.2, -0.15) is 0 Å². The highest BCUT2D eigenvalue weighted by atomic mass is 19.1. The maximum Gasteiger partial charge on any atom is 0.256 e. The van der Waals surface area contributed by atoms with Crippen molar-refractivity contribution < 1.29 is 14.0 Å². The zero-order valence-corrected chi connectivity index (χ0v) is 15.5. The van der Waals surface area contributed by atoms with E-state index in [1.165, 1.54) is 24.3 Å². The van der Waals surface area contributed by atoms with Crippen molar-refractivity contribution in [2.24, 2.45) is 5.92 Å². The number of nitrogens with one attached hydrogen (secondary N) is 1. The number of pyridine rings is 1. The molecular weight excluding hydrogens is 345 g/mol. The van der Waals surface area contributed by atoms with Crippen molar-refractivity contribution in [3.63, 3.8) is 0 Å². The summed E-state index contributed by atoms with van der Waals surface area (Å²) in [7, 11) is 0. The van der Waals surface area contributed by atoms with E-state index in [1.54, 1.807) is 13.1 Å². The third-order valence-corrected chi connectivity index (χ3v) is 5.07. The number of aryl methyl sites for hydroxylation is 1. The van der Waals surface area contributed by atoms with Crippen molar-refractivity contribution in [2.75, 3.05) is 18.4 Å². The molecular formula is C21H24FN3O2. The van der Waals surface area contributed by atoms with Crippen LogP contribution in [0.5, 0.6) is 0 Å². The lowest BCUT2D eigenvalue weighted by atomic mass is 9.90. The van der Waals surface area contributed by atoms with Crippen LogP contribution in [0.3, 0.4) is 0 Å². The maximum absolute atomic E-state index is 13.0. The molecule has 0 saturated carbocycles. The highest BCUT2D eigenvalue weighted by Crippen LogP contribution is 2.23. The van der Waals surface area contributed by atoms with Crippen LogP contribution in [0.2, 0.25) is 0 Å². The van der Waals surface area contributed by atoms with Gasteiger partial charge in [0.15, 0.2) is 0 Å². The van der Waals surface area contributed by atoms with Gasteiger partial charge in [-0.15, -0.1) is 0 Å². The van der Waals surface area contributed by atoms with Gasteiger partial charge in [-0.25, -0.2) is 9.37 Å². The van der Waals surface area contributed by atoms with Crippen LogP contribution >= 0.6 is 0 Å². The molecule has 3 rings (SSSR count). The molecule has 0 spiro atoms. The normalized spacial score (nSPS) is 14.8. The standard InChI is InChI=1S/C21H24FN3O2/c1-15(26)25-12-9-16(10-13-25)2-3-17-8-11-23-20(14-17)24-21(27)18-4-6-19(22)7-5-18/h4-8,11,14,16H,2-3,9-10,12-13H2,1H3,(H,23,24,27). The minimum Gasteiger partial charge on any atom is -0.343 e. The number of halogens is 1. The first-order chi connectivity index (χ1) is 13.0. The van der Waals surface area contributed by atoms with Gasteiger partial charge in [-0.05, 0) is 73.6 Å². The third kappa shape index (κ3) is 5.36. The summed E-state index contributed by atoms with van der Waals surface area (Å²) in [6.45, 7) is 3.31. The highest BCUT2D eigenvalue weighted by molar-refractivity contribution is 6.03. The molecule has 0 unspecified atom stereocenters. The van der Waals surface area contributed by atoms with E-state index < -0.39 is 0 Å².